The molecule has 0 aliphatic heterocycles. The third kappa shape index (κ3) is 3.14. The van der Waals surface area contributed by atoms with Gasteiger partial charge in [-0.15, -0.1) is 0 Å². The number of nitrogens with two attached hydrogens (primary N) is 1. The highest BCUT2D eigenvalue weighted by Gasteiger charge is 2.20. The van der Waals surface area contributed by atoms with Gasteiger partial charge in [-0.2, -0.15) is 10.1 Å². The fourth-order valence-corrected chi connectivity index (χ4v) is 2.90. The average Bonchev–Trinajstić information content (AvgIpc) is 3.29. The molecule has 0 radical (unpaired) electrons. The van der Waals surface area contributed by atoms with Crippen LogP contribution in [0.4, 0.5) is 5.95 Å². The number of nitrogens with zero attached hydrogens (tertiary/aromatic N) is 4. The van der Waals surface area contributed by atoms with Crippen molar-refractivity contribution >= 4 is 16.9 Å². The molecule has 3 aromatic heterocycles. The Hall–Kier alpha value is -3.63. The van der Waals surface area contributed by atoms with Crippen LogP contribution in [0.3, 0.4) is 0 Å². The summed E-state index contributed by atoms with van der Waals surface area (Å²) in [6, 6.07) is 9.35. The minimum absolute atomic E-state index is 0.187. The van der Waals surface area contributed by atoms with E-state index in [1.54, 1.807) is 42.3 Å². The minimum atomic E-state index is -1.24. The summed E-state index contributed by atoms with van der Waals surface area (Å²) in [5.41, 5.74) is 7.68. The van der Waals surface area contributed by atoms with Crippen molar-refractivity contribution in [1.29, 1.82) is 0 Å². The molecule has 7 nitrogen and oxygen atoms in total. The van der Waals surface area contributed by atoms with Crippen LogP contribution in [-0.2, 0) is 5.60 Å². The minimum Gasteiger partial charge on any atom is -0.374 e. The van der Waals surface area contributed by atoms with Crippen molar-refractivity contribution in [3.63, 3.8) is 0 Å². The van der Waals surface area contributed by atoms with E-state index in [-0.39, 0.29) is 5.95 Å². The standard InChI is InChI=1S/C20H18N6O/c1-13-16-4-3-14(5-8-20(2,27)15-6-9-22-12-15)11-17(16)26(25-13)18-7-10-23-19(21)24-18/h3-4,6-7,9-12,22,27H,1-2H3,(H2,21,23,24). The normalized spacial score (nSPS) is 13.1. The summed E-state index contributed by atoms with van der Waals surface area (Å²) >= 11 is 0. The molecule has 0 saturated heterocycles. The Kier molecular flexibility index (Phi) is 3.90. The molecule has 0 spiro atoms. The summed E-state index contributed by atoms with van der Waals surface area (Å²) < 4.78 is 1.72. The zero-order chi connectivity index (χ0) is 19.0. The van der Waals surface area contributed by atoms with Crippen molar-refractivity contribution in [3.05, 3.63) is 65.7 Å². The number of aryl methyl sites for hydroxylation is 1. The number of nitrogens with one attached hydrogen (secondary N) is 1. The van der Waals surface area contributed by atoms with Crippen LogP contribution < -0.4 is 5.73 Å². The topological polar surface area (TPSA) is 106 Å². The molecule has 27 heavy (non-hydrogen) atoms. The van der Waals surface area contributed by atoms with E-state index in [4.69, 9.17) is 5.73 Å². The van der Waals surface area contributed by atoms with E-state index in [0.717, 1.165) is 22.2 Å². The van der Waals surface area contributed by atoms with E-state index in [1.165, 1.54) is 0 Å². The largest absolute Gasteiger partial charge is 0.374 e. The molecule has 1 unspecified atom stereocenters. The van der Waals surface area contributed by atoms with Crippen molar-refractivity contribution in [1.82, 2.24) is 24.7 Å². The molecule has 0 fully saturated rings. The van der Waals surface area contributed by atoms with Crippen LogP contribution in [0.2, 0.25) is 0 Å². The summed E-state index contributed by atoms with van der Waals surface area (Å²) in [4.78, 5) is 11.1. The number of aliphatic hydroxyl groups is 1. The Labute approximate surface area is 155 Å². The number of rotatable bonds is 2. The Balaban J connectivity index is 1.79. The monoisotopic (exact) mass is 358 g/mol. The van der Waals surface area contributed by atoms with Gasteiger partial charge in [0.2, 0.25) is 5.95 Å². The van der Waals surface area contributed by atoms with E-state index < -0.39 is 5.60 Å². The summed E-state index contributed by atoms with van der Waals surface area (Å²) in [7, 11) is 0. The first kappa shape index (κ1) is 16.8. The number of hydrogen-bond donors (Lipinski definition) is 3. The second-order valence-corrected chi connectivity index (χ2v) is 6.42. The summed E-state index contributed by atoms with van der Waals surface area (Å²) in [5.74, 6) is 6.76. The number of aromatic amines is 1. The number of nitrogen functional groups attached to an aromatic ring is 1. The van der Waals surface area contributed by atoms with Gasteiger partial charge in [0, 0.05) is 41.2 Å². The highest BCUT2D eigenvalue weighted by atomic mass is 16.3. The van der Waals surface area contributed by atoms with Crippen molar-refractivity contribution < 1.29 is 5.11 Å². The van der Waals surface area contributed by atoms with Gasteiger partial charge < -0.3 is 15.8 Å². The molecule has 0 bridgehead atoms. The first-order valence-electron chi connectivity index (χ1n) is 8.41. The highest BCUT2D eigenvalue weighted by molar-refractivity contribution is 5.84. The predicted octanol–water partition coefficient (Wildman–Crippen LogP) is 2.29. The third-order valence-corrected chi connectivity index (χ3v) is 4.35. The van der Waals surface area contributed by atoms with E-state index in [9.17, 15) is 5.11 Å². The Morgan fingerprint density at radius 3 is 2.85 bits per heavy atom. The van der Waals surface area contributed by atoms with Crippen LogP contribution in [0.1, 0.15) is 23.7 Å². The smallest absolute Gasteiger partial charge is 0.221 e. The zero-order valence-corrected chi connectivity index (χ0v) is 14.9. The summed E-state index contributed by atoms with van der Waals surface area (Å²) in [6.45, 7) is 3.60. The quantitative estimate of drug-likeness (QED) is 0.477. The predicted molar refractivity (Wildman–Crippen MR) is 103 cm³/mol. The molecule has 1 atom stereocenters. The molecule has 0 amide bonds. The number of hydrogen-bond acceptors (Lipinski definition) is 5. The maximum Gasteiger partial charge on any atom is 0.221 e. The van der Waals surface area contributed by atoms with Gasteiger partial charge >= 0.3 is 0 Å². The van der Waals surface area contributed by atoms with E-state index in [1.807, 2.05) is 25.1 Å². The lowest BCUT2D eigenvalue weighted by Gasteiger charge is -2.13. The van der Waals surface area contributed by atoms with Gasteiger partial charge in [-0.3, -0.25) is 0 Å². The first-order valence-corrected chi connectivity index (χ1v) is 8.41. The van der Waals surface area contributed by atoms with Gasteiger partial charge in [0.05, 0.1) is 11.2 Å². The van der Waals surface area contributed by atoms with E-state index in [2.05, 4.69) is 31.9 Å². The van der Waals surface area contributed by atoms with Crippen LogP contribution in [0.5, 0.6) is 0 Å². The van der Waals surface area contributed by atoms with Gasteiger partial charge in [-0.05, 0) is 38.1 Å². The maximum atomic E-state index is 10.6. The number of aromatic nitrogens is 5. The molecular formula is C20H18N6O. The maximum absolute atomic E-state index is 10.6. The number of H-pyrrole nitrogens is 1. The van der Waals surface area contributed by atoms with Crippen molar-refractivity contribution in [2.24, 2.45) is 0 Å². The van der Waals surface area contributed by atoms with Gasteiger partial charge in [-0.25, -0.2) is 9.67 Å². The molecule has 3 heterocycles. The van der Waals surface area contributed by atoms with Crippen LogP contribution in [-0.4, -0.2) is 29.8 Å². The molecule has 4 N–H and O–H groups in total. The second kappa shape index (κ2) is 6.27. The Bertz CT molecular complexity index is 1180. The molecule has 0 aliphatic carbocycles. The van der Waals surface area contributed by atoms with Crippen molar-refractivity contribution in [2.45, 2.75) is 19.4 Å². The fraction of sp³-hybridized carbons (Fsp3) is 0.150. The Morgan fingerprint density at radius 2 is 2.11 bits per heavy atom. The fourth-order valence-electron chi connectivity index (χ4n) is 2.90. The van der Waals surface area contributed by atoms with E-state index >= 15 is 0 Å². The van der Waals surface area contributed by atoms with Crippen LogP contribution in [0, 0.1) is 18.8 Å². The lowest BCUT2D eigenvalue weighted by molar-refractivity contribution is 0.122. The van der Waals surface area contributed by atoms with E-state index in [0.29, 0.717) is 11.4 Å². The van der Waals surface area contributed by atoms with Gasteiger partial charge in [0.25, 0.3) is 0 Å². The zero-order valence-electron chi connectivity index (χ0n) is 14.9. The molecule has 1 aromatic carbocycles. The number of benzene rings is 1. The van der Waals surface area contributed by atoms with Gasteiger partial charge in [-0.1, -0.05) is 11.8 Å². The third-order valence-electron chi connectivity index (χ3n) is 4.35. The van der Waals surface area contributed by atoms with Crippen molar-refractivity contribution in [3.8, 4) is 17.7 Å². The van der Waals surface area contributed by atoms with Crippen molar-refractivity contribution in [2.75, 3.05) is 5.73 Å². The van der Waals surface area contributed by atoms with Crippen LogP contribution in [0.15, 0.2) is 48.9 Å². The lowest BCUT2D eigenvalue weighted by Crippen LogP contribution is -2.17. The molecule has 0 saturated carbocycles. The number of fused-ring (bicyclic) bond motifs is 1. The molecule has 7 heteroatoms. The lowest BCUT2D eigenvalue weighted by atomic mass is 9.99. The highest BCUT2D eigenvalue weighted by Crippen LogP contribution is 2.23. The van der Waals surface area contributed by atoms with Crippen LogP contribution >= 0.6 is 0 Å². The first-order chi connectivity index (χ1) is 12.9. The van der Waals surface area contributed by atoms with Gasteiger partial charge in [0.1, 0.15) is 5.60 Å². The molecule has 0 aliphatic rings. The second-order valence-electron chi connectivity index (χ2n) is 6.42. The molecular weight excluding hydrogens is 340 g/mol. The molecule has 4 aromatic rings. The molecule has 4 rings (SSSR count). The SMILES string of the molecule is Cc1nn(-c2ccnc(N)n2)c2cc(C#CC(C)(O)c3cc[nH]c3)ccc12. The average molecular weight is 358 g/mol. The summed E-state index contributed by atoms with van der Waals surface area (Å²) in [6.07, 6.45) is 5.08. The summed E-state index contributed by atoms with van der Waals surface area (Å²) in [5, 5.41) is 16.1. The van der Waals surface area contributed by atoms with Gasteiger partial charge in [0.15, 0.2) is 5.82 Å². The Morgan fingerprint density at radius 1 is 1.26 bits per heavy atom. The molecule has 134 valence electrons. The van der Waals surface area contributed by atoms with Crippen LogP contribution in [0.25, 0.3) is 16.7 Å². The number of anilines is 1.